The van der Waals surface area contributed by atoms with Gasteiger partial charge in [-0.25, -0.2) is 0 Å². The van der Waals surface area contributed by atoms with E-state index in [2.05, 4.69) is 5.32 Å². The van der Waals surface area contributed by atoms with Gasteiger partial charge in [-0.3, -0.25) is 0 Å². The number of anilines is 2. The number of hydrogen-bond donors (Lipinski definition) is 3. The van der Waals surface area contributed by atoms with E-state index in [4.69, 9.17) is 22.4 Å². The lowest BCUT2D eigenvalue weighted by Gasteiger charge is -2.14. The Hall–Kier alpha value is -0.930. The van der Waals surface area contributed by atoms with Gasteiger partial charge in [0.1, 0.15) is 0 Å². The quantitative estimate of drug-likeness (QED) is 0.690. The third-order valence-electron chi connectivity index (χ3n) is 2.94. The molecule has 1 aliphatic rings. The molecule has 1 aliphatic carbocycles. The number of nitrogens with two attached hydrogens (primary N) is 1. The van der Waals surface area contributed by atoms with Gasteiger partial charge in [-0.1, -0.05) is 11.6 Å². The molecule has 0 aliphatic heterocycles. The van der Waals surface area contributed by atoms with Crippen molar-refractivity contribution in [2.24, 2.45) is 5.41 Å². The number of nitrogen functional groups attached to an aromatic ring is 1. The van der Waals surface area contributed by atoms with Gasteiger partial charge < -0.3 is 16.2 Å². The van der Waals surface area contributed by atoms with Crippen LogP contribution in [-0.4, -0.2) is 18.3 Å². The minimum absolute atomic E-state index is 0.0880. The predicted octanol–water partition coefficient (Wildman–Crippen LogP) is 2.11. The summed E-state index contributed by atoms with van der Waals surface area (Å²) in [6.45, 7) is 1.01. The minimum atomic E-state index is 0.0880. The van der Waals surface area contributed by atoms with E-state index >= 15 is 0 Å². The van der Waals surface area contributed by atoms with E-state index in [1.54, 1.807) is 6.07 Å². The van der Waals surface area contributed by atoms with E-state index in [-0.39, 0.29) is 12.0 Å². The second-order valence-corrected chi connectivity index (χ2v) is 4.66. The highest BCUT2D eigenvalue weighted by Gasteiger charge is 2.41. The molecule has 0 spiro atoms. The van der Waals surface area contributed by atoms with Crippen LogP contribution in [0.3, 0.4) is 0 Å². The van der Waals surface area contributed by atoms with Crippen molar-refractivity contribution in [3.05, 3.63) is 23.2 Å². The van der Waals surface area contributed by atoms with Crippen LogP contribution in [0, 0.1) is 5.41 Å². The lowest BCUT2D eigenvalue weighted by atomic mass is 10.1. The smallest absolute Gasteiger partial charge is 0.0657 e. The monoisotopic (exact) mass is 226 g/mol. The summed E-state index contributed by atoms with van der Waals surface area (Å²) in [5.41, 5.74) is 7.22. The van der Waals surface area contributed by atoms with Crippen LogP contribution in [-0.2, 0) is 0 Å². The van der Waals surface area contributed by atoms with Crippen molar-refractivity contribution in [2.75, 3.05) is 24.2 Å². The maximum atomic E-state index is 9.15. The molecule has 1 aromatic rings. The maximum absolute atomic E-state index is 9.15. The average Bonchev–Trinajstić information content (AvgIpc) is 2.97. The topological polar surface area (TPSA) is 58.3 Å². The molecule has 0 atom stereocenters. The van der Waals surface area contributed by atoms with Gasteiger partial charge in [0.05, 0.1) is 17.3 Å². The second-order valence-electron chi connectivity index (χ2n) is 4.25. The number of rotatable bonds is 4. The highest BCUT2D eigenvalue weighted by molar-refractivity contribution is 6.33. The van der Waals surface area contributed by atoms with E-state index in [1.165, 1.54) is 0 Å². The van der Waals surface area contributed by atoms with Gasteiger partial charge in [-0.15, -0.1) is 0 Å². The number of aliphatic hydroxyl groups is 1. The molecule has 2 rings (SSSR count). The molecule has 3 nitrogen and oxygen atoms in total. The van der Waals surface area contributed by atoms with Gasteiger partial charge in [0.25, 0.3) is 0 Å². The Balaban J connectivity index is 1.99. The van der Waals surface area contributed by atoms with Crippen LogP contribution in [0.15, 0.2) is 18.2 Å². The predicted molar refractivity (Wildman–Crippen MR) is 63.1 cm³/mol. The summed E-state index contributed by atoms with van der Waals surface area (Å²) in [4.78, 5) is 0. The molecule has 15 heavy (non-hydrogen) atoms. The Morgan fingerprint density at radius 3 is 2.73 bits per heavy atom. The van der Waals surface area contributed by atoms with Gasteiger partial charge in [0, 0.05) is 17.6 Å². The molecule has 4 N–H and O–H groups in total. The largest absolute Gasteiger partial charge is 0.399 e. The third-order valence-corrected chi connectivity index (χ3v) is 3.25. The van der Waals surface area contributed by atoms with Crippen LogP contribution in [0.2, 0.25) is 5.02 Å². The first-order chi connectivity index (χ1) is 7.15. The van der Waals surface area contributed by atoms with Gasteiger partial charge >= 0.3 is 0 Å². The van der Waals surface area contributed by atoms with Crippen LogP contribution in [0.4, 0.5) is 11.4 Å². The number of halogens is 1. The van der Waals surface area contributed by atoms with E-state index < -0.39 is 0 Å². The van der Waals surface area contributed by atoms with Crippen molar-refractivity contribution < 1.29 is 5.11 Å². The summed E-state index contributed by atoms with van der Waals surface area (Å²) in [6, 6.07) is 5.40. The molecule has 0 radical (unpaired) electrons. The average molecular weight is 227 g/mol. The Morgan fingerprint density at radius 2 is 2.20 bits per heavy atom. The first kappa shape index (κ1) is 10.6. The van der Waals surface area contributed by atoms with E-state index in [0.29, 0.717) is 10.7 Å². The lowest BCUT2D eigenvalue weighted by Crippen LogP contribution is -2.19. The van der Waals surface area contributed by atoms with Crippen molar-refractivity contribution in [3.8, 4) is 0 Å². The Bertz CT molecular complexity index is 364. The van der Waals surface area contributed by atoms with Crippen LogP contribution < -0.4 is 11.1 Å². The maximum Gasteiger partial charge on any atom is 0.0657 e. The van der Waals surface area contributed by atoms with Gasteiger partial charge in [0.2, 0.25) is 0 Å². The number of nitrogens with one attached hydrogen (secondary N) is 1. The first-order valence-corrected chi connectivity index (χ1v) is 5.43. The minimum Gasteiger partial charge on any atom is -0.399 e. The fourth-order valence-electron chi connectivity index (χ4n) is 1.53. The van der Waals surface area contributed by atoms with Crippen LogP contribution >= 0.6 is 11.6 Å². The van der Waals surface area contributed by atoms with Crippen molar-refractivity contribution in [1.82, 2.24) is 0 Å². The summed E-state index contributed by atoms with van der Waals surface area (Å²) in [7, 11) is 0. The standard InChI is InChI=1S/C11H15ClN2O/c12-9-5-8(13)1-2-10(9)14-6-11(7-15)3-4-11/h1-2,5,14-15H,3-4,6-7,13H2. The molecular weight excluding hydrogens is 212 g/mol. The number of aliphatic hydroxyl groups excluding tert-OH is 1. The summed E-state index contributed by atoms with van der Waals surface area (Å²) in [5.74, 6) is 0. The van der Waals surface area contributed by atoms with Crippen LogP contribution in [0.1, 0.15) is 12.8 Å². The lowest BCUT2D eigenvalue weighted by molar-refractivity contribution is 0.220. The Kier molecular flexibility index (Phi) is 2.76. The normalized spacial score (nSPS) is 17.5. The molecule has 0 aromatic heterocycles. The highest BCUT2D eigenvalue weighted by Crippen LogP contribution is 2.45. The zero-order chi connectivity index (χ0) is 10.9. The molecule has 0 heterocycles. The zero-order valence-electron chi connectivity index (χ0n) is 8.46. The fraction of sp³-hybridized carbons (Fsp3) is 0.455. The molecule has 82 valence electrons. The van der Waals surface area contributed by atoms with Crippen molar-refractivity contribution in [2.45, 2.75) is 12.8 Å². The molecule has 4 heteroatoms. The SMILES string of the molecule is Nc1ccc(NCC2(CO)CC2)c(Cl)c1. The van der Waals surface area contributed by atoms with Gasteiger partial charge in [-0.2, -0.15) is 0 Å². The zero-order valence-corrected chi connectivity index (χ0v) is 9.22. The molecule has 1 fully saturated rings. The second kappa shape index (κ2) is 3.91. The first-order valence-electron chi connectivity index (χ1n) is 5.05. The summed E-state index contributed by atoms with van der Waals surface area (Å²) in [5, 5.41) is 13.0. The Labute approximate surface area is 94.2 Å². The van der Waals surface area contributed by atoms with E-state index in [1.807, 2.05) is 12.1 Å². The van der Waals surface area contributed by atoms with E-state index in [0.717, 1.165) is 25.1 Å². The number of benzene rings is 1. The highest BCUT2D eigenvalue weighted by atomic mass is 35.5. The summed E-state index contributed by atoms with van der Waals surface area (Å²) >= 11 is 6.02. The van der Waals surface area contributed by atoms with Gasteiger partial charge in [-0.05, 0) is 31.0 Å². The molecule has 0 unspecified atom stereocenters. The fourth-order valence-corrected chi connectivity index (χ4v) is 1.78. The van der Waals surface area contributed by atoms with Gasteiger partial charge in [0.15, 0.2) is 0 Å². The Morgan fingerprint density at radius 1 is 1.47 bits per heavy atom. The van der Waals surface area contributed by atoms with Crippen molar-refractivity contribution in [1.29, 1.82) is 0 Å². The van der Waals surface area contributed by atoms with Crippen molar-refractivity contribution >= 4 is 23.0 Å². The number of hydrogen-bond acceptors (Lipinski definition) is 3. The molecule has 0 amide bonds. The summed E-state index contributed by atoms with van der Waals surface area (Å²) < 4.78 is 0. The molecule has 0 saturated heterocycles. The molecule has 1 aromatic carbocycles. The van der Waals surface area contributed by atoms with Crippen LogP contribution in [0.25, 0.3) is 0 Å². The third kappa shape index (κ3) is 2.36. The molecular formula is C11H15ClN2O. The molecule has 1 saturated carbocycles. The summed E-state index contributed by atoms with van der Waals surface area (Å²) in [6.07, 6.45) is 2.17. The van der Waals surface area contributed by atoms with Crippen LogP contribution in [0.5, 0.6) is 0 Å². The van der Waals surface area contributed by atoms with E-state index in [9.17, 15) is 0 Å². The molecule has 0 bridgehead atoms. The van der Waals surface area contributed by atoms with Crippen molar-refractivity contribution in [3.63, 3.8) is 0 Å².